The minimum Gasteiger partial charge on any atom is -0.393 e. The maximum Gasteiger partial charge on any atom is 0.426 e. The van der Waals surface area contributed by atoms with E-state index in [4.69, 9.17) is 8.22 Å². The van der Waals surface area contributed by atoms with E-state index in [0.717, 1.165) is 36.5 Å². The highest BCUT2D eigenvalue weighted by Gasteiger charge is 2.65. The van der Waals surface area contributed by atoms with Crippen molar-refractivity contribution in [1.29, 1.82) is 0 Å². The van der Waals surface area contributed by atoms with Gasteiger partial charge in [-0.05, 0) is 112 Å². The Hall–Kier alpha value is -1.55. The van der Waals surface area contributed by atoms with Gasteiger partial charge in [-0.2, -0.15) is 13.2 Å². The summed E-state index contributed by atoms with van der Waals surface area (Å²) in [5, 5.41) is 41.2. The predicted molar refractivity (Wildman–Crippen MR) is 154 cm³/mol. The third kappa shape index (κ3) is 7.74. The molecule has 0 aromatic heterocycles. The summed E-state index contributed by atoms with van der Waals surface area (Å²) in [5.41, 5.74) is -5.46. The van der Waals surface area contributed by atoms with Crippen LogP contribution in [0.1, 0.15) is 106 Å². The maximum absolute atomic E-state index is 14.0. The molecule has 0 radical (unpaired) electrons. The predicted octanol–water partition coefficient (Wildman–Crippen LogP) is 7.58. The monoisotopic (exact) mass is 610 g/mol. The second-order valence-corrected chi connectivity index (χ2v) is 13.0. The van der Waals surface area contributed by atoms with Crippen molar-refractivity contribution in [3.63, 3.8) is 0 Å². The fraction of sp³-hybridized carbons (Fsp3) is 0.758. The SMILES string of the molecule is [2H]C([2H])([2H])C(O)(CCC[C@H](C/C=C/C(O)(C(C)(F)F)C(F)(F)F)[C@H]1CC[C@H]2/C(=C/C=C3/C[C@@H](O)C[C@H](O)C3=C)CCC[C@]12C)C([2H])([2H])[2H]. The lowest BCUT2D eigenvalue weighted by Gasteiger charge is -2.45. The van der Waals surface area contributed by atoms with Gasteiger partial charge in [0, 0.05) is 21.6 Å². The highest BCUT2D eigenvalue weighted by molar-refractivity contribution is 5.38. The Labute approximate surface area is 255 Å². The maximum atomic E-state index is 14.0. The van der Waals surface area contributed by atoms with Crippen LogP contribution in [-0.2, 0) is 0 Å². The van der Waals surface area contributed by atoms with Gasteiger partial charge >= 0.3 is 6.18 Å². The molecular formula is C33H49F5O4. The molecule has 0 saturated heterocycles. The van der Waals surface area contributed by atoms with Gasteiger partial charge < -0.3 is 20.4 Å². The first-order valence-corrected chi connectivity index (χ1v) is 14.7. The smallest absolute Gasteiger partial charge is 0.393 e. The van der Waals surface area contributed by atoms with Crippen LogP contribution in [0.4, 0.5) is 22.0 Å². The molecule has 3 aliphatic rings. The van der Waals surface area contributed by atoms with Gasteiger partial charge in [0.15, 0.2) is 0 Å². The fourth-order valence-electron chi connectivity index (χ4n) is 7.53. The molecule has 4 N–H and O–H groups in total. The van der Waals surface area contributed by atoms with E-state index in [9.17, 15) is 42.4 Å². The van der Waals surface area contributed by atoms with Crippen molar-refractivity contribution in [3.8, 4) is 0 Å². The van der Waals surface area contributed by atoms with Crippen LogP contribution < -0.4 is 0 Å². The van der Waals surface area contributed by atoms with Crippen molar-refractivity contribution in [2.45, 2.75) is 134 Å². The van der Waals surface area contributed by atoms with Gasteiger partial charge in [0.1, 0.15) is 0 Å². The molecule has 3 rings (SSSR count). The molecule has 3 saturated carbocycles. The van der Waals surface area contributed by atoms with Gasteiger partial charge in [-0.25, -0.2) is 8.78 Å². The number of rotatable bonds is 10. The zero-order valence-corrected chi connectivity index (χ0v) is 24.4. The summed E-state index contributed by atoms with van der Waals surface area (Å²) >= 11 is 0. The van der Waals surface area contributed by atoms with Crippen LogP contribution in [0.3, 0.4) is 0 Å². The van der Waals surface area contributed by atoms with Crippen LogP contribution in [-0.4, -0.2) is 55.9 Å². The Morgan fingerprint density at radius 1 is 1.12 bits per heavy atom. The third-order valence-electron chi connectivity index (χ3n) is 9.88. The van der Waals surface area contributed by atoms with Crippen molar-refractivity contribution in [3.05, 3.63) is 47.6 Å². The van der Waals surface area contributed by atoms with Gasteiger partial charge in [-0.3, -0.25) is 0 Å². The topological polar surface area (TPSA) is 80.9 Å². The first-order valence-electron chi connectivity index (χ1n) is 17.7. The van der Waals surface area contributed by atoms with E-state index in [2.05, 4.69) is 13.5 Å². The summed E-state index contributed by atoms with van der Waals surface area (Å²) in [5.74, 6) is -5.21. The van der Waals surface area contributed by atoms with Crippen LogP contribution in [0, 0.1) is 23.2 Å². The van der Waals surface area contributed by atoms with E-state index in [0.29, 0.717) is 24.8 Å². The number of aliphatic hydroxyl groups is 4. The average molecular weight is 611 g/mol. The van der Waals surface area contributed by atoms with Gasteiger partial charge in [-0.1, -0.05) is 43.7 Å². The lowest BCUT2D eigenvalue weighted by molar-refractivity contribution is -0.305. The van der Waals surface area contributed by atoms with Crippen LogP contribution in [0.2, 0.25) is 0 Å². The first kappa shape index (κ1) is 26.8. The molecule has 1 unspecified atom stereocenters. The molecule has 3 aliphatic carbocycles. The van der Waals surface area contributed by atoms with E-state index < -0.39 is 67.0 Å². The molecule has 4 nitrogen and oxygen atoms in total. The average Bonchev–Trinajstić information content (AvgIpc) is 3.28. The Morgan fingerprint density at radius 3 is 2.43 bits per heavy atom. The second kappa shape index (κ2) is 12.8. The quantitative estimate of drug-likeness (QED) is 0.152. The summed E-state index contributed by atoms with van der Waals surface area (Å²) in [6.45, 7) is -0.505. The zero-order valence-electron chi connectivity index (χ0n) is 30.4. The largest absolute Gasteiger partial charge is 0.426 e. The molecule has 0 amide bonds. The standard InChI is InChI=1S/C33H49F5O4/c1-21-24(19-25(39)20-28(21)40)13-12-23-10-7-17-30(4)26(14-15-27(23)30)22(9-6-16-29(2,3)41)11-8-18-32(42,31(5,34)35)33(36,37)38/h8,12-13,18,22,25-28,39-42H,1,6-7,9-11,14-17,19-20H2,2-5H3/b18-8+,23-12+,24-13-/t22-,25-,26-,27+,28+,30-,32?/m1/s1/i2D3,3D3. The molecule has 42 heavy (non-hydrogen) atoms. The normalized spacial score (nSPS) is 36.5. The molecule has 3 fully saturated rings. The third-order valence-corrected chi connectivity index (χ3v) is 9.88. The zero-order chi connectivity index (χ0) is 36.7. The van der Waals surface area contributed by atoms with Crippen LogP contribution in [0.5, 0.6) is 0 Å². The Bertz CT molecular complexity index is 1220. The summed E-state index contributed by atoms with van der Waals surface area (Å²) in [7, 11) is 0. The summed E-state index contributed by atoms with van der Waals surface area (Å²) < 4.78 is 115. The molecule has 0 aromatic carbocycles. The second-order valence-electron chi connectivity index (χ2n) is 13.0. The lowest BCUT2D eigenvalue weighted by atomic mass is 9.60. The molecule has 0 aromatic rings. The van der Waals surface area contributed by atoms with E-state index in [1.807, 2.05) is 12.2 Å². The summed E-state index contributed by atoms with van der Waals surface area (Å²) in [4.78, 5) is 0. The number of allylic oxidation sites excluding steroid dienone is 4. The van der Waals surface area contributed by atoms with Gasteiger partial charge in [0.05, 0.1) is 17.8 Å². The Morgan fingerprint density at radius 2 is 1.81 bits per heavy atom. The molecule has 240 valence electrons. The van der Waals surface area contributed by atoms with Crippen molar-refractivity contribution in [1.82, 2.24) is 0 Å². The molecular weight excluding hydrogens is 555 g/mol. The fourth-order valence-corrected chi connectivity index (χ4v) is 7.53. The first-order chi connectivity index (χ1) is 21.7. The number of aliphatic hydroxyl groups excluding tert-OH is 2. The van der Waals surface area contributed by atoms with Crippen LogP contribution in [0.25, 0.3) is 0 Å². The minimum absolute atomic E-state index is 0.0232. The number of hydrogen-bond acceptors (Lipinski definition) is 4. The molecule has 0 heterocycles. The van der Waals surface area contributed by atoms with Gasteiger partial charge in [0.25, 0.3) is 5.92 Å². The highest BCUT2D eigenvalue weighted by Crippen LogP contribution is 2.60. The van der Waals surface area contributed by atoms with Gasteiger partial charge in [0.2, 0.25) is 5.60 Å². The number of halogens is 5. The van der Waals surface area contributed by atoms with E-state index in [-0.39, 0.29) is 50.5 Å². The van der Waals surface area contributed by atoms with E-state index in [1.165, 1.54) is 0 Å². The summed E-state index contributed by atoms with van der Waals surface area (Å²) in [6, 6.07) is 0. The Kier molecular flexibility index (Phi) is 8.19. The highest BCUT2D eigenvalue weighted by atomic mass is 19.4. The lowest BCUT2D eigenvalue weighted by Crippen LogP contribution is -2.56. The molecule has 0 spiro atoms. The number of alkyl halides is 5. The number of hydrogen-bond donors (Lipinski definition) is 4. The van der Waals surface area contributed by atoms with E-state index in [1.54, 1.807) is 0 Å². The van der Waals surface area contributed by atoms with Crippen LogP contribution >= 0.6 is 0 Å². The molecule has 0 aliphatic heterocycles. The van der Waals surface area contributed by atoms with Crippen molar-refractivity contribution >= 4 is 0 Å². The molecule has 9 heteroatoms. The molecule has 7 atom stereocenters. The summed E-state index contributed by atoms with van der Waals surface area (Å²) in [6.07, 6.45) is 0.856. The Balaban J connectivity index is 1.95. The minimum atomic E-state index is -5.68. The number of fused-ring (bicyclic) bond motifs is 1. The van der Waals surface area contributed by atoms with Crippen molar-refractivity contribution in [2.75, 3.05) is 0 Å². The van der Waals surface area contributed by atoms with Crippen molar-refractivity contribution < 1.29 is 50.6 Å². The van der Waals surface area contributed by atoms with Crippen LogP contribution in [0.15, 0.2) is 47.6 Å². The van der Waals surface area contributed by atoms with E-state index >= 15 is 0 Å². The van der Waals surface area contributed by atoms with Gasteiger partial charge in [-0.15, -0.1) is 0 Å². The van der Waals surface area contributed by atoms with Crippen molar-refractivity contribution in [2.24, 2.45) is 23.2 Å². The molecule has 0 bridgehead atoms.